The first-order chi connectivity index (χ1) is 17.3. The van der Waals surface area contributed by atoms with E-state index in [2.05, 4.69) is 21.9 Å². The van der Waals surface area contributed by atoms with Crippen LogP contribution in [0.4, 0.5) is 15.9 Å². The van der Waals surface area contributed by atoms with E-state index in [1.165, 1.54) is 31.7 Å². The summed E-state index contributed by atoms with van der Waals surface area (Å²) in [7, 11) is 1.48. The lowest BCUT2D eigenvalue weighted by Gasteiger charge is -2.32. The van der Waals surface area contributed by atoms with E-state index in [0.717, 1.165) is 4.57 Å². The molecule has 3 aromatic rings. The highest BCUT2D eigenvalue weighted by molar-refractivity contribution is 6.42. The molecule has 0 aliphatic carbocycles. The van der Waals surface area contributed by atoms with Crippen LogP contribution in [0.5, 0.6) is 11.5 Å². The number of halogens is 3. The zero-order chi connectivity index (χ0) is 25.6. The molecule has 2 aromatic carbocycles. The number of aliphatic imine (C=N–C) groups is 1. The van der Waals surface area contributed by atoms with Crippen LogP contribution in [0.2, 0.25) is 10.0 Å². The van der Waals surface area contributed by atoms with Gasteiger partial charge >= 0.3 is 5.69 Å². The van der Waals surface area contributed by atoms with Crippen LogP contribution in [-0.2, 0) is 4.79 Å². The third-order valence-corrected chi connectivity index (χ3v) is 6.93. The number of likely N-dealkylation sites (tertiary alicyclic amines) is 1. The second-order valence-corrected chi connectivity index (χ2v) is 8.96. The molecule has 5 rings (SSSR count). The van der Waals surface area contributed by atoms with Gasteiger partial charge in [-0.2, -0.15) is 4.98 Å². The van der Waals surface area contributed by atoms with E-state index >= 15 is 4.39 Å². The van der Waals surface area contributed by atoms with E-state index < -0.39 is 11.5 Å². The molecule has 0 atom stereocenters. The molecule has 186 valence electrons. The lowest BCUT2D eigenvalue weighted by atomic mass is 10.1. The molecule has 3 heterocycles. The number of rotatable bonds is 5. The van der Waals surface area contributed by atoms with Gasteiger partial charge in [0.05, 0.1) is 40.3 Å². The molecular formula is C24H20Cl2FN5O4. The van der Waals surface area contributed by atoms with Crippen LogP contribution in [0.1, 0.15) is 12.8 Å². The average molecular weight is 532 g/mol. The fraction of sp³-hybridized carbons (Fsp3) is 0.250. The van der Waals surface area contributed by atoms with E-state index in [1.54, 1.807) is 11.0 Å². The summed E-state index contributed by atoms with van der Waals surface area (Å²) in [5, 5.41) is 3.16. The summed E-state index contributed by atoms with van der Waals surface area (Å²) in [6, 6.07) is 4.43. The van der Waals surface area contributed by atoms with Crippen molar-refractivity contribution in [3.8, 4) is 17.2 Å². The van der Waals surface area contributed by atoms with Crippen LogP contribution in [-0.4, -0.2) is 53.0 Å². The number of ether oxygens (including phenoxy) is 2. The molecule has 12 heteroatoms. The predicted octanol–water partition coefficient (Wildman–Crippen LogP) is 4.48. The maximum atomic E-state index is 15.0. The van der Waals surface area contributed by atoms with E-state index in [4.69, 9.17) is 32.7 Å². The molecular weight excluding hydrogens is 512 g/mol. The molecule has 0 bridgehead atoms. The van der Waals surface area contributed by atoms with Gasteiger partial charge in [0.15, 0.2) is 23.1 Å². The van der Waals surface area contributed by atoms with Crippen LogP contribution in [0.3, 0.4) is 0 Å². The molecule has 1 fully saturated rings. The molecule has 1 aromatic heterocycles. The van der Waals surface area contributed by atoms with Gasteiger partial charge in [0.25, 0.3) is 0 Å². The summed E-state index contributed by atoms with van der Waals surface area (Å²) in [6.07, 6.45) is 3.56. The Labute approximate surface area is 214 Å². The Morgan fingerprint density at radius 1 is 1.31 bits per heavy atom. The first-order valence-electron chi connectivity index (χ1n) is 11.0. The second-order valence-electron chi connectivity index (χ2n) is 8.18. The zero-order valence-corrected chi connectivity index (χ0v) is 20.6. The molecule has 2 aliphatic heterocycles. The minimum atomic E-state index is -0.871. The van der Waals surface area contributed by atoms with Crippen molar-refractivity contribution in [3.63, 3.8) is 0 Å². The molecule has 36 heavy (non-hydrogen) atoms. The van der Waals surface area contributed by atoms with E-state index in [9.17, 15) is 9.59 Å². The van der Waals surface area contributed by atoms with Crippen molar-refractivity contribution >= 4 is 57.9 Å². The van der Waals surface area contributed by atoms with E-state index in [-0.39, 0.29) is 44.8 Å². The Morgan fingerprint density at radius 3 is 2.75 bits per heavy atom. The summed E-state index contributed by atoms with van der Waals surface area (Å²) in [6.45, 7) is 4.53. The number of anilines is 1. The molecule has 0 unspecified atom stereocenters. The largest absolute Gasteiger partial charge is 0.493 e. The summed E-state index contributed by atoms with van der Waals surface area (Å²) >= 11 is 11.9. The predicted molar refractivity (Wildman–Crippen MR) is 136 cm³/mol. The second kappa shape index (κ2) is 9.44. The molecule has 2 aliphatic rings. The lowest BCUT2D eigenvalue weighted by molar-refractivity contribution is -0.127. The van der Waals surface area contributed by atoms with Crippen molar-refractivity contribution in [2.24, 2.45) is 4.99 Å². The van der Waals surface area contributed by atoms with Crippen molar-refractivity contribution in [3.05, 3.63) is 57.2 Å². The maximum Gasteiger partial charge on any atom is 0.354 e. The van der Waals surface area contributed by atoms with Crippen molar-refractivity contribution in [2.45, 2.75) is 18.9 Å². The highest BCUT2D eigenvalue weighted by atomic mass is 35.5. The smallest absolute Gasteiger partial charge is 0.354 e. The van der Waals surface area contributed by atoms with Gasteiger partial charge in [0.1, 0.15) is 11.6 Å². The van der Waals surface area contributed by atoms with Crippen LogP contribution in [0.15, 0.2) is 40.6 Å². The van der Waals surface area contributed by atoms with Gasteiger partial charge in [0, 0.05) is 32.0 Å². The van der Waals surface area contributed by atoms with Crippen molar-refractivity contribution in [2.75, 3.05) is 25.5 Å². The monoisotopic (exact) mass is 531 g/mol. The van der Waals surface area contributed by atoms with Gasteiger partial charge in [-0.3, -0.25) is 4.79 Å². The molecule has 0 spiro atoms. The first-order valence-corrected chi connectivity index (χ1v) is 11.8. The summed E-state index contributed by atoms with van der Waals surface area (Å²) in [5.74, 6) is -0.224. The summed E-state index contributed by atoms with van der Waals surface area (Å²) in [5.41, 5.74) is -0.159. The standard InChI is InChI=1S/C24H20Cl2FN5O4/c1-3-17(33)31-8-6-12(7-9-31)36-22-16(35-2)10-14-18-21(22)30-24(34)32(23(18)29-11-28-14)15-5-4-13(25)19(26)20(15)27/h3-5,10-12H,1,6-9H2,2H3,(H,28,29). The topological polar surface area (TPSA) is 98.0 Å². The third-order valence-electron chi connectivity index (χ3n) is 6.15. The molecule has 1 amide bonds. The molecule has 1 N–H and O–H groups in total. The van der Waals surface area contributed by atoms with E-state index in [0.29, 0.717) is 42.8 Å². The molecule has 0 saturated carbocycles. The SMILES string of the molecule is C=CC(=O)N1CCC(Oc2c(OC)cc3c4c(n(-c5ccc(Cl)c(Cl)c5F)c(=O)nc24)N=CN3)CC1. The van der Waals surface area contributed by atoms with Crippen LogP contribution in [0, 0.1) is 5.82 Å². The number of piperidine rings is 1. The number of carbonyl (C=O) groups is 1. The zero-order valence-electron chi connectivity index (χ0n) is 19.1. The van der Waals surface area contributed by atoms with E-state index in [1.807, 2.05) is 0 Å². The number of nitrogens with one attached hydrogen (secondary N) is 1. The van der Waals surface area contributed by atoms with Crippen molar-refractivity contribution in [1.29, 1.82) is 0 Å². The van der Waals surface area contributed by atoms with Crippen LogP contribution < -0.4 is 20.5 Å². The van der Waals surface area contributed by atoms with Gasteiger partial charge in [-0.25, -0.2) is 18.7 Å². The average Bonchev–Trinajstić information content (AvgIpc) is 2.89. The van der Waals surface area contributed by atoms with Crippen LogP contribution in [0.25, 0.3) is 16.6 Å². The highest BCUT2D eigenvalue weighted by Gasteiger charge is 2.29. The number of hydrogen-bond donors (Lipinski definition) is 1. The maximum absolute atomic E-state index is 15.0. The molecule has 9 nitrogen and oxygen atoms in total. The summed E-state index contributed by atoms with van der Waals surface area (Å²) < 4.78 is 27.9. The van der Waals surface area contributed by atoms with Gasteiger partial charge in [-0.15, -0.1) is 0 Å². The van der Waals surface area contributed by atoms with Gasteiger partial charge in [-0.1, -0.05) is 29.8 Å². The normalized spacial score (nSPS) is 15.1. The van der Waals surface area contributed by atoms with Crippen molar-refractivity contribution < 1.29 is 18.7 Å². The molecule has 0 radical (unpaired) electrons. The van der Waals surface area contributed by atoms with Gasteiger partial charge in [-0.05, 0) is 18.2 Å². The fourth-order valence-corrected chi connectivity index (χ4v) is 4.67. The number of methoxy groups -OCH3 is 1. The van der Waals surface area contributed by atoms with Gasteiger partial charge in [0.2, 0.25) is 5.91 Å². The Balaban J connectivity index is 1.64. The fourth-order valence-electron chi connectivity index (χ4n) is 4.37. The minimum Gasteiger partial charge on any atom is -0.493 e. The number of nitrogens with zero attached hydrogens (tertiary/aromatic N) is 4. The van der Waals surface area contributed by atoms with Crippen molar-refractivity contribution in [1.82, 2.24) is 14.5 Å². The number of benzene rings is 2. The highest BCUT2D eigenvalue weighted by Crippen LogP contribution is 2.45. The van der Waals surface area contributed by atoms with Crippen LogP contribution >= 0.6 is 23.2 Å². The Bertz CT molecular complexity index is 1500. The Morgan fingerprint density at radius 2 is 2.06 bits per heavy atom. The number of amides is 1. The number of carbonyl (C=O) groups excluding carboxylic acids is 1. The summed E-state index contributed by atoms with van der Waals surface area (Å²) in [4.78, 5) is 35.4. The quantitative estimate of drug-likeness (QED) is 0.385. The minimum absolute atomic E-state index is 0.0143. The number of hydrogen-bond acceptors (Lipinski definition) is 7. The number of aromatic nitrogens is 2. The van der Waals surface area contributed by atoms with Gasteiger partial charge < -0.3 is 19.7 Å². The molecule has 1 saturated heterocycles. The Kier molecular flexibility index (Phi) is 6.31. The third kappa shape index (κ3) is 3.96. The first kappa shape index (κ1) is 24.1. The Hall–Kier alpha value is -3.63. The lowest BCUT2D eigenvalue weighted by Crippen LogP contribution is -2.41.